The van der Waals surface area contributed by atoms with Crippen LogP contribution in [0.3, 0.4) is 0 Å². The van der Waals surface area contributed by atoms with Gasteiger partial charge in [-0.1, -0.05) is 0 Å². The Balaban J connectivity index is 2.88. The minimum absolute atomic E-state index is 0.149. The number of aromatic nitrogens is 3. The number of rotatable bonds is 1. The highest BCUT2D eigenvalue weighted by Crippen LogP contribution is 1.98. The summed E-state index contributed by atoms with van der Waals surface area (Å²) in [6.07, 6.45) is 1.41. The van der Waals surface area contributed by atoms with Crippen LogP contribution in [0.15, 0.2) is 6.20 Å². The first kappa shape index (κ1) is 5.74. The summed E-state index contributed by atoms with van der Waals surface area (Å²) in [5, 5.41) is 6.98. The van der Waals surface area contributed by atoms with Gasteiger partial charge in [-0.15, -0.1) is 10.2 Å². The van der Waals surface area contributed by atoms with Crippen LogP contribution in [0.4, 0.5) is 5.95 Å². The van der Waals surface area contributed by atoms with Gasteiger partial charge in [-0.3, -0.25) is 0 Å². The van der Waals surface area contributed by atoms with Gasteiger partial charge in [0.2, 0.25) is 5.95 Å². The van der Waals surface area contributed by atoms with Crippen LogP contribution in [-0.2, 0) is 0 Å². The molecular weight excluding hydrogens is 120 g/mol. The Morgan fingerprint density at radius 3 is 2.78 bits per heavy atom. The van der Waals surface area contributed by atoms with E-state index in [1.54, 1.807) is 0 Å². The van der Waals surface area contributed by atoms with E-state index >= 15 is 0 Å². The molecule has 0 spiro atoms. The van der Waals surface area contributed by atoms with Crippen molar-refractivity contribution < 1.29 is 4.74 Å². The molecule has 1 rings (SSSR count). The lowest BCUT2D eigenvalue weighted by Gasteiger charge is -1.93. The number of hydrogen-bond acceptors (Lipinski definition) is 5. The number of anilines is 1. The Kier molecular flexibility index (Phi) is 1.44. The summed E-state index contributed by atoms with van der Waals surface area (Å²) >= 11 is 0. The lowest BCUT2D eigenvalue weighted by Crippen LogP contribution is -1.97. The first-order chi connectivity index (χ1) is 4.33. The van der Waals surface area contributed by atoms with Crippen molar-refractivity contribution in [1.82, 2.24) is 15.2 Å². The molecule has 0 aliphatic rings. The summed E-state index contributed by atoms with van der Waals surface area (Å²) < 4.78 is 4.68. The van der Waals surface area contributed by atoms with Crippen molar-refractivity contribution in [2.24, 2.45) is 0 Å². The molecule has 1 aromatic rings. The van der Waals surface area contributed by atoms with Crippen LogP contribution in [0.25, 0.3) is 0 Å². The fraction of sp³-hybridized carbons (Fsp3) is 0.250. The largest absolute Gasteiger partial charge is 0.479 e. The molecule has 1 aromatic heterocycles. The molecule has 0 atom stereocenters. The molecule has 48 valence electrons. The van der Waals surface area contributed by atoms with Crippen molar-refractivity contribution in [3.05, 3.63) is 6.20 Å². The third-order valence-corrected chi connectivity index (χ3v) is 0.767. The van der Waals surface area contributed by atoms with Crippen LogP contribution in [0.1, 0.15) is 0 Å². The van der Waals surface area contributed by atoms with Crippen molar-refractivity contribution in [1.29, 1.82) is 0 Å². The number of nitrogen functional groups attached to an aromatic ring is 1. The summed E-state index contributed by atoms with van der Waals surface area (Å²) in [5.41, 5.74) is 5.14. The molecule has 0 saturated carbocycles. The van der Waals surface area contributed by atoms with E-state index < -0.39 is 0 Å². The van der Waals surface area contributed by atoms with Gasteiger partial charge >= 0.3 is 0 Å². The summed E-state index contributed by atoms with van der Waals surface area (Å²) in [5.74, 6) is 0.514. The highest BCUT2D eigenvalue weighted by Gasteiger charge is 1.90. The third-order valence-electron chi connectivity index (χ3n) is 0.767. The van der Waals surface area contributed by atoms with Crippen molar-refractivity contribution >= 4 is 5.95 Å². The number of ether oxygens (including phenoxy) is 1. The lowest BCUT2D eigenvalue weighted by molar-refractivity contribution is 0.389. The molecular formula is C4H6N4O. The zero-order chi connectivity index (χ0) is 6.69. The molecule has 0 aliphatic carbocycles. The van der Waals surface area contributed by atoms with E-state index in [0.717, 1.165) is 0 Å². The maximum absolute atomic E-state index is 5.14. The Morgan fingerprint density at radius 2 is 2.33 bits per heavy atom. The minimum atomic E-state index is 0.149. The quantitative estimate of drug-likeness (QED) is 0.547. The molecule has 0 radical (unpaired) electrons. The van der Waals surface area contributed by atoms with E-state index in [1.165, 1.54) is 13.3 Å². The number of hydrogen-bond donors (Lipinski definition) is 1. The number of methoxy groups -OCH3 is 1. The van der Waals surface area contributed by atoms with Gasteiger partial charge < -0.3 is 10.5 Å². The van der Waals surface area contributed by atoms with Crippen molar-refractivity contribution in [2.75, 3.05) is 12.8 Å². The molecule has 0 saturated heterocycles. The fourth-order valence-corrected chi connectivity index (χ4v) is 0.367. The molecule has 0 amide bonds. The van der Waals surface area contributed by atoms with Crippen LogP contribution in [0, 0.1) is 0 Å². The fourth-order valence-electron chi connectivity index (χ4n) is 0.367. The van der Waals surface area contributed by atoms with Crippen LogP contribution in [-0.4, -0.2) is 22.3 Å². The van der Waals surface area contributed by atoms with E-state index in [0.29, 0.717) is 5.88 Å². The monoisotopic (exact) mass is 126 g/mol. The number of nitrogens with two attached hydrogens (primary N) is 1. The van der Waals surface area contributed by atoms with Crippen LogP contribution in [0.2, 0.25) is 0 Å². The Labute approximate surface area is 51.9 Å². The predicted octanol–water partition coefficient (Wildman–Crippen LogP) is -0.538. The van der Waals surface area contributed by atoms with Gasteiger partial charge in [-0.05, 0) is 0 Å². The van der Waals surface area contributed by atoms with Crippen LogP contribution < -0.4 is 10.5 Å². The molecule has 9 heavy (non-hydrogen) atoms. The summed E-state index contributed by atoms with van der Waals surface area (Å²) in [6.45, 7) is 0. The SMILES string of the molecule is COc1cnc(N)nn1. The molecule has 2 N–H and O–H groups in total. The maximum atomic E-state index is 5.14. The maximum Gasteiger partial charge on any atom is 0.252 e. The number of nitrogens with zero attached hydrogens (tertiary/aromatic N) is 3. The van der Waals surface area contributed by atoms with Gasteiger partial charge in [0.1, 0.15) is 0 Å². The van der Waals surface area contributed by atoms with Gasteiger partial charge in [0.15, 0.2) is 0 Å². The zero-order valence-electron chi connectivity index (χ0n) is 4.90. The molecule has 5 heteroatoms. The van der Waals surface area contributed by atoms with E-state index in [2.05, 4.69) is 19.9 Å². The standard InChI is InChI=1S/C4H6N4O/c1-9-3-2-6-4(5)8-7-3/h2H,1H3,(H2,5,6,8). The molecule has 0 bridgehead atoms. The second-order valence-corrected chi connectivity index (χ2v) is 1.36. The first-order valence-electron chi connectivity index (χ1n) is 2.32. The van der Waals surface area contributed by atoms with Gasteiger partial charge in [0.05, 0.1) is 13.3 Å². The van der Waals surface area contributed by atoms with Crippen molar-refractivity contribution in [3.8, 4) is 5.88 Å². The van der Waals surface area contributed by atoms with E-state index in [4.69, 9.17) is 5.73 Å². The van der Waals surface area contributed by atoms with Crippen molar-refractivity contribution in [3.63, 3.8) is 0 Å². The van der Waals surface area contributed by atoms with E-state index in [1.807, 2.05) is 0 Å². The van der Waals surface area contributed by atoms with Crippen LogP contribution >= 0.6 is 0 Å². The molecule has 0 fully saturated rings. The Morgan fingerprint density at radius 1 is 1.56 bits per heavy atom. The Bertz CT molecular complexity index is 184. The summed E-state index contributed by atoms with van der Waals surface area (Å²) in [6, 6.07) is 0. The average molecular weight is 126 g/mol. The smallest absolute Gasteiger partial charge is 0.252 e. The topological polar surface area (TPSA) is 73.9 Å². The lowest BCUT2D eigenvalue weighted by atomic mass is 10.8. The Hall–Kier alpha value is -1.39. The second-order valence-electron chi connectivity index (χ2n) is 1.36. The zero-order valence-corrected chi connectivity index (χ0v) is 4.90. The van der Waals surface area contributed by atoms with Crippen LogP contribution in [0.5, 0.6) is 5.88 Å². The molecule has 1 heterocycles. The van der Waals surface area contributed by atoms with Gasteiger partial charge in [0.25, 0.3) is 5.88 Å². The van der Waals surface area contributed by atoms with E-state index in [-0.39, 0.29) is 5.95 Å². The van der Waals surface area contributed by atoms with Gasteiger partial charge in [-0.2, -0.15) is 0 Å². The minimum Gasteiger partial charge on any atom is -0.479 e. The molecule has 0 aliphatic heterocycles. The first-order valence-corrected chi connectivity index (χ1v) is 2.32. The predicted molar refractivity (Wildman–Crippen MR) is 30.8 cm³/mol. The van der Waals surface area contributed by atoms with Crippen molar-refractivity contribution in [2.45, 2.75) is 0 Å². The molecule has 0 unspecified atom stereocenters. The highest BCUT2D eigenvalue weighted by molar-refractivity contribution is 5.13. The molecule has 5 nitrogen and oxygen atoms in total. The summed E-state index contributed by atoms with van der Waals surface area (Å²) in [7, 11) is 1.49. The van der Waals surface area contributed by atoms with Gasteiger partial charge in [-0.25, -0.2) is 4.98 Å². The van der Waals surface area contributed by atoms with E-state index in [9.17, 15) is 0 Å². The normalized spacial score (nSPS) is 9.00. The third kappa shape index (κ3) is 1.25. The average Bonchev–Trinajstić information content (AvgIpc) is 1.90. The molecule has 0 aromatic carbocycles. The second kappa shape index (κ2) is 2.25. The van der Waals surface area contributed by atoms with Gasteiger partial charge in [0, 0.05) is 0 Å². The summed E-state index contributed by atoms with van der Waals surface area (Å²) in [4.78, 5) is 3.63. The highest BCUT2D eigenvalue weighted by atomic mass is 16.5.